The Morgan fingerprint density at radius 2 is 1.28 bits per heavy atom. The first-order valence-corrected chi connectivity index (χ1v) is 7.41. The molecule has 0 amide bonds. The summed E-state index contributed by atoms with van der Waals surface area (Å²) >= 11 is 0. The maximum Gasteiger partial charge on any atom is 0.0862 e. The van der Waals surface area contributed by atoms with Gasteiger partial charge in [-0.25, -0.2) is 0 Å². The summed E-state index contributed by atoms with van der Waals surface area (Å²) in [6, 6.07) is 0. The first kappa shape index (κ1) is 17.9. The summed E-state index contributed by atoms with van der Waals surface area (Å²) in [4.78, 5) is 0. The molecule has 0 aliphatic heterocycles. The highest BCUT2D eigenvalue weighted by Crippen LogP contribution is 2.23. The lowest BCUT2D eigenvalue weighted by molar-refractivity contribution is -0.130. The highest BCUT2D eigenvalue weighted by molar-refractivity contribution is 4.73. The molecule has 0 saturated heterocycles. The smallest absolute Gasteiger partial charge is 0.0862 e. The van der Waals surface area contributed by atoms with Gasteiger partial charge in [0.05, 0.1) is 24.4 Å². The van der Waals surface area contributed by atoms with Crippen molar-refractivity contribution in [2.45, 2.75) is 86.0 Å². The monoisotopic (exact) mass is 258 g/mol. The van der Waals surface area contributed by atoms with Crippen LogP contribution in [-0.2, 0) is 9.47 Å². The molecule has 0 aromatic heterocycles. The first-order valence-electron chi connectivity index (χ1n) is 7.41. The van der Waals surface area contributed by atoms with Gasteiger partial charge in [-0.2, -0.15) is 0 Å². The average molecular weight is 258 g/mol. The van der Waals surface area contributed by atoms with E-state index < -0.39 is 0 Å². The topological polar surface area (TPSA) is 18.5 Å². The standard InChI is InChI=1S/C16H34O2/c1-12(2)9-15(10-13(3)4)18-16(7,8)11-17-14(5)6/h12-15H,9-11H2,1-8H3. The second-order valence-electron chi connectivity index (χ2n) is 7.12. The molecular formula is C16H34O2. The molecule has 0 aliphatic rings. The van der Waals surface area contributed by atoms with E-state index in [1.807, 2.05) is 0 Å². The molecule has 0 aromatic rings. The lowest BCUT2D eigenvalue weighted by atomic mass is 9.97. The fraction of sp³-hybridized carbons (Fsp3) is 1.00. The fourth-order valence-electron chi connectivity index (χ4n) is 2.10. The summed E-state index contributed by atoms with van der Waals surface area (Å²) in [5.41, 5.74) is -0.196. The Labute approximate surface area is 114 Å². The van der Waals surface area contributed by atoms with Crippen molar-refractivity contribution in [1.82, 2.24) is 0 Å². The van der Waals surface area contributed by atoms with Crippen LogP contribution in [0.3, 0.4) is 0 Å². The van der Waals surface area contributed by atoms with Crippen LogP contribution < -0.4 is 0 Å². The van der Waals surface area contributed by atoms with Crippen molar-refractivity contribution in [2.24, 2.45) is 11.8 Å². The minimum absolute atomic E-state index is 0.196. The van der Waals surface area contributed by atoms with E-state index in [4.69, 9.17) is 9.47 Å². The number of ether oxygens (including phenoxy) is 2. The number of hydrogen-bond acceptors (Lipinski definition) is 2. The van der Waals surface area contributed by atoms with E-state index >= 15 is 0 Å². The predicted octanol–water partition coefficient (Wildman–Crippen LogP) is 4.67. The summed E-state index contributed by atoms with van der Waals surface area (Å²) in [7, 11) is 0. The van der Waals surface area contributed by atoms with Crippen molar-refractivity contribution >= 4 is 0 Å². The van der Waals surface area contributed by atoms with Crippen LogP contribution in [0.4, 0.5) is 0 Å². The molecule has 0 unspecified atom stereocenters. The molecule has 0 atom stereocenters. The van der Waals surface area contributed by atoms with Gasteiger partial charge in [0.15, 0.2) is 0 Å². The first-order chi connectivity index (χ1) is 8.12. The molecule has 0 bridgehead atoms. The molecule has 0 aromatic carbocycles. The van der Waals surface area contributed by atoms with E-state index in [9.17, 15) is 0 Å². The normalized spacial score (nSPS) is 13.3. The maximum absolute atomic E-state index is 6.28. The largest absolute Gasteiger partial charge is 0.376 e. The fourth-order valence-corrected chi connectivity index (χ4v) is 2.10. The Kier molecular flexibility index (Phi) is 8.13. The molecular weight excluding hydrogens is 224 g/mol. The van der Waals surface area contributed by atoms with Crippen LogP contribution in [0, 0.1) is 11.8 Å². The van der Waals surface area contributed by atoms with E-state index in [-0.39, 0.29) is 11.7 Å². The predicted molar refractivity (Wildman–Crippen MR) is 79.0 cm³/mol. The van der Waals surface area contributed by atoms with Crippen LogP contribution in [0.1, 0.15) is 68.2 Å². The van der Waals surface area contributed by atoms with Gasteiger partial charge in [0.1, 0.15) is 0 Å². The Balaban J connectivity index is 4.34. The van der Waals surface area contributed by atoms with Crippen molar-refractivity contribution in [3.63, 3.8) is 0 Å². The highest BCUT2D eigenvalue weighted by Gasteiger charge is 2.25. The molecule has 0 rings (SSSR count). The third-order valence-electron chi connectivity index (χ3n) is 2.72. The van der Waals surface area contributed by atoms with E-state index in [2.05, 4.69) is 55.4 Å². The van der Waals surface area contributed by atoms with E-state index in [1.165, 1.54) is 0 Å². The van der Waals surface area contributed by atoms with Gasteiger partial charge >= 0.3 is 0 Å². The molecule has 0 spiro atoms. The van der Waals surface area contributed by atoms with Crippen molar-refractivity contribution in [3.05, 3.63) is 0 Å². The van der Waals surface area contributed by atoms with Crippen molar-refractivity contribution < 1.29 is 9.47 Å². The van der Waals surface area contributed by atoms with Gasteiger partial charge in [0.2, 0.25) is 0 Å². The molecule has 110 valence electrons. The van der Waals surface area contributed by atoms with Gasteiger partial charge in [-0.15, -0.1) is 0 Å². The van der Waals surface area contributed by atoms with Crippen LogP contribution in [0.2, 0.25) is 0 Å². The minimum Gasteiger partial charge on any atom is -0.376 e. The lowest BCUT2D eigenvalue weighted by Crippen LogP contribution is -2.37. The molecule has 0 aliphatic carbocycles. The van der Waals surface area contributed by atoms with Crippen LogP contribution in [0.25, 0.3) is 0 Å². The Hall–Kier alpha value is -0.0800. The third-order valence-corrected chi connectivity index (χ3v) is 2.72. The van der Waals surface area contributed by atoms with Crippen molar-refractivity contribution in [3.8, 4) is 0 Å². The number of hydrogen-bond donors (Lipinski definition) is 0. The van der Waals surface area contributed by atoms with Crippen LogP contribution in [-0.4, -0.2) is 24.4 Å². The molecule has 0 radical (unpaired) electrons. The molecule has 18 heavy (non-hydrogen) atoms. The average Bonchev–Trinajstić information content (AvgIpc) is 2.11. The third kappa shape index (κ3) is 9.90. The van der Waals surface area contributed by atoms with Gasteiger partial charge in [0, 0.05) is 0 Å². The zero-order chi connectivity index (χ0) is 14.3. The number of rotatable bonds is 9. The van der Waals surface area contributed by atoms with E-state index in [0.717, 1.165) is 12.8 Å². The molecule has 0 saturated carbocycles. The summed E-state index contributed by atoms with van der Waals surface area (Å²) in [5, 5.41) is 0. The van der Waals surface area contributed by atoms with E-state index in [0.29, 0.717) is 24.5 Å². The zero-order valence-electron chi connectivity index (χ0n) is 13.7. The van der Waals surface area contributed by atoms with Crippen LogP contribution in [0.15, 0.2) is 0 Å². The van der Waals surface area contributed by atoms with Crippen LogP contribution >= 0.6 is 0 Å². The summed E-state index contributed by atoms with van der Waals surface area (Å²) in [6.07, 6.45) is 2.87. The Morgan fingerprint density at radius 1 is 0.833 bits per heavy atom. The van der Waals surface area contributed by atoms with Gasteiger partial charge in [-0.05, 0) is 52.4 Å². The summed E-state index contributed by atoms with van der Waals surface area (Å²) < 4.78 is 12.0. The lowest BCUT2D eigenvalue weighted by Gasteiger charge is -2.33. The quantitative estimate of drug-likeness (QED) is 0.598. The SMILES string of the molecule is CC(C)CC(CC(C)C)OC(C)(C)COC(C)C. The van der Waals surface area contributed by atoms with Gasteiger partial charge < -0.3 is 9.47 Å². The summed E-state index contributed by atoms with van der Waals surface area (Å²) in [5.74, 6) is 1.35. The van der Waals surface area contributed by atoms with Crippen LogP contribution in [0.5, 0.6) is 0 Å². The molecule has 2 heteroatoms. The van der Waals surface area contributed by atoms with Crippen molar-refractivity contribution in [1.29, 1.82) is 0 Å². The maximum atomic E-state index is 6.28. The minimum atomic E-state index is -0.196. The van der Waals surface area contributed by atoms with Gasteiger partial charge in [-0.3, -0.25) is 0 Å². The molecule has 2 nitrogen and oxygen atoms in total. The van der Waals surface area contributed by atoms with Gasteiger partial charge in [0.25, 0.3) is 0 Å². The van der Waals surface area contributed by atoms with Gasteiger partial charge in [-0.1, -0.05) is 27.7 Å². The molecule has 0 heterocycles. The van der Waals surface area contributed by atoms with Crippen molar-refractivity contribution in [2.75, 3.05) is 6.61 Å². The Morgan fingerprint density at radius 3 is 1.61 bits per heavy atom. The second kappa shape index (κ2) is 8.16. The molecule has 0 fully saturated rings. The van der Waals surface area contributed by atoms with E-state index in [1.54, 1.807) is 0 Å². The second-order valence-corrected chi connectivity index (χ2v) is 7.12. The molecule has 0 N–H and O–H groups in total. The zero-order valence-corrected chi connectivity index (χ0v) is 13.7. The highest BCUT2D eigenvalue weighted by atomic mass is 16.6. The summed E-state index contributed by atoms with van der Waals surface area (Å²) in [6.45, 7) is 18.1. The Bertz CT molecular complexity index is 197.